The zero-order chi connectivity index (χ0) is 16.2. The van der Waals surface area contributed by atoms with E-state index in [0.717, 1.165) is 9.43 Å². The van der Waals surface area contributed by atoms with Crippen LogP contribution in [0.15, 0.2) is 46.5 Å². The van der Waals surface area contributed by atoms with Gasteiger partial charge in [-0.05, 0) is 18.2 Å². The van der Waals surface area contributed by atoms with Gasteiger partial charge in [0, 0.05) is 27.9 Å². The number of hydrogen-bond acceptors (Lipinski definition) is 5. The molecule has 2 heterocycles. The van der Waals surface area contributed by atoms with Crippen LogP contribution in [0, 0.1) is 0 Å². The van der Waals surface area contributed by atoms with E-state index in [4.69, 9.17) is 4.74 Å². The molecule has 0 saturated carbocycles. The van der Waals surface area contributed by atoms with Gasteiger partial charge < -0.3 is 10.1 Å². The Balaban J connectivity index is 1.48. The number of halogens is 1. The minimum atomic E-state index is -0.486. The summed E-state index contributed by atoms with van der Waals surface area (Å²) < 4.78 is 7.67. The smallest absolute Gasteiger partial charge is 0.312 e. The fourth-order valence-electron chi connectivity index (χ4n) is 1.97. The molecule has 0 fully saturated rings. The van der Waals surface area contributed by atoms with Crippen LogP contribution in [0.3, 0.4) is 0 Å². The second kappa shape index (κ2) is 6.93. The summed E-state index contributed by atoms with van der Waals surface area (Å²) in [6, 6.07) is 7.17. The predicted octanol–water partition coefficient (Wildman–Crippen LogP) is 2.88. The molecule has 0 atom stereocenters. The van der Waals surface area contributed by atoms with E-state index in [2.05, 4.69) is 26.2 Å². The molecule has 0 radical (unpaired) electrons. The largest absolute Gasteiger partial charge is 0.455 e. The van der Waals surface area contributed by atoms with Gasteiger partial charge in [-0.25, -0.2) is 4.98 Å². The summed E-state index contributed by atoms with van der Waals surface area (Å²) in [5.74, 6) is -0.873. The van der Waals surface area contributed by atoms with Gasteiger partial charge in [0.1, 0.15) is 0 Å². The number of imidazole rings is 1. The average Bonchev–Trinajstić information content (AvgIpc) is 3.06. The number of rotatable bonds is 5. The normalized spacial score (nSPS) is 10.7. The molecule has 0 bridgehead atoms. The molecule has 0 aliphatic rings. The summed E-state index contributed by atoms with van der Waals surface area (Å²) in [5.41, 5.74) is 1.25. The third-order valence-corrected chi connectivity index (χ3v) is 4.21. The first-order chi connectivity index (χ1) is 11.1. The van der Waals surface area contributed by atoms with E-state index in [9.17, 15) is 9.59 Å². The molecule has 1 aromatic carbocycles. The molecule has 0 unspecified atom stereocenters. The molecule has 3 rings (SSSR count). The Bertz CT molecular complexity index is 830. The van der Waals surface area contributed by atoms with Crippen molar-refractivity contribution >= 4 is 49.8 Å². The maximum Gasteiger partial charge on any atom is 0.312 e. The lowest BCUT2D eigenvalue weighted by molar-refractivity contribution is -0.146. The topological polar surface area (TPSA) is 72.7 Å². The van der Waals surface area contributed by atoms with Crippen LogP contribution in [0.1, 0.15) is 5.69 Å². The first-order valence-corrected chi connectivity index (χ1v) is 8.39. The molecule has 1 amide bonds. The Morgan fingerprint density at radius 2 is 2.26 bits per heavy atom. The van der Waals surface area contributed by atoms with Gasteiger partial charge >= 0.3 is 5.97 Å². The van der Waals surface area contributed by atoms with Crippen molar-refractivity contribution in [3.8, 4) is 0 Å². The second-order valence-electron chi connectivity index (χ2n) is 4.72. The summed E-state index contributed by atoms with van der Waals surface area (Å²) in [7, 11) is 0. The molecule has 0 aliphatic heterocycles. The number of esters is 1. The van der Waals surface area contributed by atoms with Gasteiger partial charge in [-0.15, -0.1) is 11.3 Å². The Morgan fingerprint density at radius 3 is 3.04 bits per heavy atom. The van der Waals surface area contributed by atoms with Crippen molar-refractivity contribution in [3.05, 3.63) is 52.2 Å². The summed E-state index contributed by atoms with van der Waals surface area (Å²) in [5, 5.41) is 4.57. The predicted molar refractivity (Wildman–Crippen MR) is 90.5 cm³/mol. The second-order valence-corrected chi connectivity index (χ2v) is 6.51. The molecular weight excluding hydrogens is 382 g/mol. The number of nitrogens with zero attached hydrogens (tertiary/aromatic N) is 2. The van der Waals surface area contributed by atoms with Gasteiger partial charge in [0.15, 0.2) is 11.6 Å². The zero-order valence-corrected chi connectivity index (χ0v) is 14.3. The highest BCUT2D eigenvalue weighted by molar-refractivity contribution is 9.10. The first-order valence-electron chi connectivity index (χ1n) is 6.72. The maximum absolute atomic E-state index is 11.8. The van der Waals surface area contributed by atoms with Crippen LogP contribution in [0.4, 0.5) is 5.69 Å². The van der Waals surface area contributed by atoms with Crippen molar-refractivity contribution in [2.24, 2.45) is 0 Å². The van der Waals surface area contributed by atoms with Crippen LogP contribution in [0.2, 0.25) is 0 Å². The Hall–Kier alpha value is -2.19. The van der Waals surface area contributed by atoms with Gasteiger partial charge in [-0.1, -0.05) is 22.0 Å². The van der Waals surface area contributed by atoms with E-state index in [0.29, 0.717) is 11.4 Å². The van der Waals surface area contributed by atoms with E-state index in [1.165, 1.54) is 11.3 Å². The fourth-order valence-corrected chi connectivity index (χ4v) is 3.09. The van der Waals surface area contributed by atoms with Gasteiger partial charge in [-0.3, -0.25) is 14.0 Å². The van der Waals surface area contributed by atoms with Crippen LogP contribution < -0.4 is 5.32 Å². The molecule has 118 valence electrons. The van der Waals surface area contributed by atoms with Gasteiger partial charge in [0.05, 0.1) is 12.1 Å². The van der Waals surface area contributed by atoms with Gasteiger partial charge in [-0.2, -0.15) is 0 Å². The summed E-state index contributed by atoms with van der Waals surface area (Å²) in [4.78, 5) is 28.6. The number of nitrogens with one attached hydrogen (secondary N) is 1. The number of ether oxygens (including phenoxy) is 1. The molecule has 8 heteroatoms. The molecule has 2 aromatic heterocycles. The van der Waals surface area contributed by atoms with Gasteiger partial charge in [0.2, 0.25) is 0 Å². The zero-order valence-electron chi connectivity index (χ0n) is 11.9. The highest BCUT2D eigenvalue weighted by atomic mass is 79.9. The van der Waals surface area contributed by atoms with E-state index in [-0.39, 0.29) is 18.9 Å². The van der Waals surface area contributed by atoms with E-state index in [1.54, 1.807) is 24.4 Å². The Kier molecular flexibility index (Phi) is 4.73. The van der Waals surface area contributed by atoms with Crippen molar-refractivity contribution < 1.29 is 14.3 Å². The number of aromatic nitrogens is 2. The summed E-state index contributed by atoms with van der Waals surface area (Å²) >= 11 is 4.81. The number of amides is 1. The van der Waals surface area contributed by atoms with Crippen LogP contribution in [0.5, 0.6) is 0 Å². The number of anilines is 1. The Labute approximate surface area is 144 Å². The lowest BCUT2D eigenvalue weighted by atomic mass is 10.3. The number of benzene rings is 1. The molecule has 0 aliphatic carbocycles. The molecule has 0 saturated heterocycles. The third-order valence-electron chi connectivity index (χ3n) is 2.94. The van der Waals surface area contributed by atoms with Crippen molar-refractivity contribution in [1.29, 1.82) is 0 Å². The van der Waals surface area contributed by atoms with Crippen molar-refractivity contribution in [3.63, 3.8) is 0 Å². The summed E-state index contributed by atoms with van der Waals surface area (Å²) in [6.45, 7) is -0.326. The van der Waals surface area contributed by atoms with Crippen molar-refractivity contribution in [2.75, 3.05) is 11.9 Å². The van der Waals surface area contributed by atoms with Crippen molar-refractivity contribution in [1.82, 2.24) is 9.38 Å². The lowest BCUT2D eigenvalue weighted by Crippen LogP contribution is -2.21. The molecule has 0 spiro atoms. The lowest BCUT2D eigenvalue weighted by Gasteiger charge is -2.06. The average molecular weight is 394 g/mol. The van der Waals surface area contributed by atoms with E-state index in [1.807, 2.05) is 22.0 Å². The van der Waals surface area contributed by atoms with E-state index < -0.39 is 5.97 Å². The Morgan fingerprint density at radius 1 is 1.39 bits per heavy atom. The highest BCUT2D eigenvalue weighted by Crippen LogP contribution is 2.15. The molecule has 6 nitrogen and oxygen atoms in total. The first kappa shape index (κ1) is 15.7. The molecular formula is C15H12BrN3O3S. The summed E-state index contributed by atoms with van der Waals surface area (Å²) in [6.07, 6.45) is 3.68. The fraction of sp³-hybridized carbons (Fsp3) is 0.133. The van der Waals surface area contributed by atoms with Crippen LogP contribution in [-0.2, 0) is 20.7 Å². The maximum atomic E-state index is 11.8. The molecule has 3 aromatic rings. The number of carbonyl (C=O) groups is 2. The van der Waals surface area contributed by atoms with Crippen molar-refractivity contribution in [2.45, 2.75) is 6.42 Å². The molecule has 1 N–H and O–H groups in total. The number of hydrogen-bond donors (Lipinski definition) is 1. The van der Waals surface area contributed by atoms with Crippen LogP contribution in [0.25, 0.3) is 4.96 Å². The standard InChI is InChI=1S/C15H12BrN3O3S/c16-10-2-1-3-11(6-10)17-13(20)9-22-14(21)7-12-8-19-4-5-23-15(19)18-12/h1-6,8H,7,9H2,(H,17,20). The third kappa shape index (κ3) is 4.17. The van der Waals surface area contributed by atoms with Crippen LogP contribution >= 0.6 is 27.3 Å². The van der Waals surface area contributed by atoms with E-state index >= 15 is 0 Å². The number of fused-ring (bicyclic) bond motifs is 1. The minimum absolute atomic E-state index is 0.0402. The highest BCUT2D eigenvalue weighted by Gasteiger charge is 2.11. The number of carbonyl (C=O) groups excluding carboxylic acids is 2. The number of thiazole rings is 1. The van der Waals surface area contributed by atoms with Crippen LogP contribution in [-0.4, -0.2) is 27.9 Å². The van der Waals surface area contributed by atoms with Gasteiger partial charge in [0.25, 0.3) is 5.91 Å². The monoisotopic (exact) mass is 393 g/mol. The quantitative estimate of drug-likeness (QED) is 0.676. The SMILES string of the molecule is O=C(COC(=O)Cc1cn2ccsc2n1)Nc1cccc(Br)c1. The minimum Gasteiger partial charge on any atom is -0.455 e. The molecule has 23 heavy (non-hydrogen) atoms.